The Kier molecular flexibility index (Phi) is 3.94. The number of nitrogens with two attached hydrogens (primary N) is 1. The number of nitrogen functional groups attached to an aromatic ring is 1. The molecule has 0 bridgehead atoms. The second-order valence-corrected chi connectivity index (χ2v) is 5.53. The number of carbonyl (C=O) groups excluding carboxylic acids is 1. The number of hydrogen-bond acceptors (Lipinski definition) is 4. The van der Waals surface area contributed by atoms with E-state index in [0.29, 0.717) is 17.2 Å². The molecule has 1 aliphatic heterocycles. The lowest BCUT2D eigenvalue weighted by atomic mass is 10.0. The van der Waals surface area contributed by atoms with Crippen LogP contribution in [0, 0.1) is 0 Å². The van der Waals surface area contributed by atoms with E-state index in [1.165, 1.54) is 4.90 Å². The normalized spacial score (nSPS) is 17.0. The smallest absolute Gasteiger partial charge is 0.253 e. The number of anilines is 1. The van der Waals surface area contributed by atoms with E-state index in [1.54, 1.807) is 36.5 Å². The Balaban J connectivity index is 1.73. The third kappa shape index (κ3) is 3.44. The predicted molar refractivity (Wildman–Crippen MR) is 82.0 cm³/mol. The van der Waals surface area contributed by atoms with E-state index in [9.17, 15) is 13.6 Å². The molecule has 2 aromatic rings. The summed E-state index contributed by atoms with van der Waals surface area (Å²) in [6, 6.07) is 8.34. The molecule has 0 aliphatic carbocycles. The average molecular weight is 318 g/mol. The maximum Gasteiger partial charge on any atom is 0.253 e. The van der Waals surface area contributed by atoms with Gasteiger partial charge >= 0.3 is 0 Å². The summed E-state index contributed by atoms with van der Waals surface area (Å²) in [5.74, 6) is -2.06. The standard InChI is InChI=1S/C16H16F2N4O/c17-16(18)6-9-22(10-7-16)15(23)12-3-1-11(2-4-12)14-20-8-5-13(19)21-14/h1-5,8H,6-7,9-10H2,(H2,19,20,21). The van der Waals surface area contributed by atoms with Crippen molar-refractivity contribution in [2.45, 2.75) is 18.8 Å². The molecule has 1 aromatic heterocycles. The van der Waals surface area contributed by atoms with Gasteiger partial charge in [-0.1, -0.05) is 12.1 Å². The van der Waals surface area contributed by atoms with Gasteiger partial charge in [-0.15, -0.1) is 0 Å². The first-order valence-corrected chi connectivity index (χ1v) is 7.31. The molecule has 5 nitrogen and oxygen atoms in total. The minimum Gasteiger partial charge on any atom is -0.384 e. The summed E-state index contributed by atoms with van der Waals surface area (Å²) < 4.78 is 26.3. The van der Waals surface area contributed by atoms with Gasteiger partial charge < -0.3 is 10.6 Å². The van der Waals surface area contributed by atoms with Gasteiger partial charge in [0.05, 0.1) is 0 Å². The summed E-state index contributed by atoms with van der Waals surface area (Å²) in [6.07, 6.45) is 0.993. The Bertz CT molecular complexity index is 708. The van der Waals surface area contributed by atoms with Crippen molar-refractivity contribution in [3.63, 3.8) is 0 Å². The number of amides is 1. The molecular formula is C16H16F2N4O. The second kappa shape index (κ2) is 5.91. The molecule has 3 rings (SSSR count). The molecule has 1 amide bonds. The number of halogens is 2. The van der Waals surface area contributed by atoms with Crippen LogP contribution in [0.15, 0.2) is 36.5 Å². The van der Waals surface area contributed by atoms with Gasteiger partial charge in [-0.3, -0.25) is 4.79 Å². The van der Waals surface area contributed by atoms with E-state index in [0.717, 1.165) is 5.56 Å². The second-order valence-electron chi connectivity index (χ2n) is 5.53. The van der Waals surface area contributed by atoms with Gasteiger partial charge in [0.2, 0.25) is 0 Å². The van der Waals surface area contributed by atoms with E-state index < -0.39 is 5.92 Å². The van der Waals surface area contributed by atoms with E-state index in [-0.39, 0.29) is 31.8 Å². The lowest BCUT2D eigenvalue weighted by Crippen LogP contribution is -2.42. The molecule has 23 heavy (non-hydrogen) atoms. The number of benzene rings is 1. The fourth-order valence-corrected chi connectivity index (χ4v) is 2.49. The highest BCUT2D eigenvalue weighted by atomic mass is 19.3. The lowest BCUT2D eigenvalue weighted by Gasteiger charge is -2.31. The average Bonchev–Trinajstić information content (AvgIpc) is 2.54. The van der Waals surface area contributed by atoms with E-state index in [2.05, 4.69) is 9.97 Å². The maximum absolute atomic E-state index is 13.2. The van der Waals surface area contributed by atoms with Crippen molar-refractivity contribution in [1.82, 2.24) is 14.9 Å². The molecule has 1 fully saturated rings. The molecule has 1 saturated heterocycles. The van der Waals surface area contributed by atoms with Crippen molar-refractivity contribution in [2.75, 3.05) is 18.8 Å². The van der Waals surface area contributed by atoms with E-state index >= 15 is 0 Å². The molecule has 7 heteroatoms. The summed E-state index contributed by atoms with van der Waals surface area (Å²) in [4.78, 5) is 22.0. The van der Waals surface area contributed by atoms with Crippen molar-refractivity contribution >= 4 is 11.7 Å². The van der Waals surface area contributed by atoms with Gasteiger partial charge in [-0.05, 0) is 18.2 Å². The zero-order valence-corrected chi connectivity index (χ0v) is 12.4. The van der Waals surface area contributed by atoms with Crippen LogP contribution in [0.4, 0.5) is 14.6 Å². The monoisotopic (exact) mass is 318 g/mol. The van der Waals surface area contributed by atoms with Crippen LogP contribution in [0.5, 0.6) is 0 Å². The fourth-order valence-electron chi connectivity index (χ4n) is 2.49. The number of alkyl halides is 2. The van der Waals surface area contributed by atoms with Crippen LogP contribution in [-0.4, -0.2) is 39.8 Å². The van der Waals surface area contributed by atoms with E-state index in [1.807, 2.05) is 0 Å². The molecule has 0 unspecified atom stereocenters. The minimum atomic E-state index is -2.66. The molecule has 0 atom stereocenters. The molecule has 0 saturated carbocycles. The highest BCUT2D eigenvalue weighted by Crippen LogP contribution is 2.28. The topological polar surface area (TPSA) is 72.1 Å². The number of hydrogen-bond donors (Lipinski definition) is 1. The zero-order chi connectivity index (χ0) is 16.4. The Morgan fingerprint density at radius 2 is 1.78 bits per heavy atom. The Morgan fingerprint density at radius 3 is 2.39 bits per heavy atom. The van der Waals surface area contributed by atoms with Crippen molar-refractivity contribution in [1.29, 1.82) is 0 Å². The molecule has 1 aromatic carbocycles. The SMILES string of the molecule is Nc1ccnc(-c2ccc(C(=O)N3CCC(F)(F)CC3)cc2)n1. The van der Waals surface area contributed by atoms with Crippen LogP contribution in [0.3, 0.4) is 0 Å². The van der Waals surface area contributed by atoms with Crippen molar-refractivity contribution in [3.05, 3.63) is 42.1 Å². The molecule has 0 spiro atoms. The van der Waals surface area contributed by atoms with Gasteiger partial charge in [0.25, 0.3) is 11.8 Å². The number of aromatic nitrogens is 2. The van der Waals surface area contributed by atoms with Crippen LogP contribution in [0.25, 0.3) is 11.4 Å². The molecule has 2 heterocycles. The summed E-state index contributed by atoms with van der Waals surface area (Å²) in [7, 11) is 0. The van der Waals surface area contributed by atoms with E-state index in [4.69, 9.17) is 5.73 Å². The number of carbonyl (C=O) groups is 1. The Labute approximate surface area is 132 Å². The third-order valence-corrected chi connectivity index (χ3v) is 3.85. The number of nitrogens with zero attached hydrogens (tertiary/aromatic N) is 3. The van der Waals surface area contributed by atoms with Crippen LogP contribution in [0.1, 0.15) is 23.2 Å². The molecular weight excluding hydrogens is 302 g/mol. The van der Waals surface area contributed by atoms with Gasteiger partial charge in [-0.25, -0.2) is 18.7 Å². The Hall–Kier alpha value is -2.57. The van der Waals surface area contributed by atoms with Gasteiger partial charge in [0, 0.05) is 43.3 Å². The van der Waals surface area contributed by atoms with Crippen molar-refractivity contribution in [3.8, 4) is 11.4 Å². The summed E-state index contributed by atoms with van der Waals surface area (Å²) in [5.41, 5.74) is 6.82. The molecule has 0 radical (unpaired) electrons. The lowest BCUT2D eigenvalue weighted by molar-refractivity contribution is -0.0494. The van der Waals surface area contributed by atoms with Gasteiger partial charge in [-0.2, -0.15) is 0 Å². The molecule has 120 valence electrons. The van der Waals surface area contributed by atoms with Crippen LogP contribution >= 0.6 is 0 Å². The molecule has 1 aliphatic rings. The first-order chi connectivity index (χ1) is 10.9. The fraction of sp³-hybridized carbons (Fsp3) is 0.312. The third-order valence-electron chi connectivity index (χ3n) is 3.85. The van der Waals surface area contributed by atoms with Crippen LogP contribution in [0.2, 0.25) is 0 Å². The van der Waals surface area contributed by atoms with Crippen molar-refractivity contribution < 1.29 is 13.6 Å². The Morgan fingerprint density at radius 1 is 1.13 bits per heavy atom. The molecule has 2 N–H and O–H groups in total. The van der Waals surface area contributed by atoms with Crippen LogP contribution in [-0.2, 0) is 0 Å². The number of rotatable bonds is 2. The maximum atomic E-state index is 13.2. The number of likely N-dealkylation sites (tertiary alicyclic amines) is 1. The zero-order valence-electron chi connectivity index (χ0n) is 12.4. The first kappa shape index (κ1) is 15.3. The highest BCUT2D eigenvalue weighted by Gasteiger charge is 2.35. The minimum absolute atomic E-state index is 0.0753. The highest BCUT2D eigenvalue weighted by molar-refractivity contribution is 5.94. The quantitative estimate of drug-likeness (QED) is 0.924. The predicted octanol–water partition coefficient (Wildman–Crippen LogP) is 2.60. The van der Waals surface area contributed by atoms with Crippen molar-refractivity contribution in [2.24, 2.45) is 0 Å². The van der Waals surface area contributed by atoms with Gasteiger partial charge in [0.1, 0.15) is 5.82 Å². The van der Waals surface area contributed by atoms with Gasteiger partial charge in [0.15, 0.2) is 5.82 Å². The first-order valence-electron chi connectivity index (χ1n) is 7.31. The number of piperidine rings is 1. The summed E-state index contributed by atoms with van der Waals surface area (Å²) in [6.45, 7) is 0.151. The largest absolute Gasteiger partial charge is 0.384 e. The van der Waals surface area contributed by atoms with Crippen LogP contribution < -0.4 is 5.73 Å². The summed E-state index contributed by atoms with van der Waals surface area (Å²) in [5, 5.41) is 0. The summed E-state index contributed by atoms with van der Waals surface area (Å²) >= 11 is 0.